The number of hydrogen-bond donors (Lipinski definition) is 0. The van der Waals surface area contributed by atoms with Crippen molar-refractivity contribution in [1.29, 1.82) is 0 Å². The summed E-state index contributed by atoms with van der Waals surface area (Å²) < 4.78 is 50.3. The lowest BCUT2D eigenvalue weighted by Gasteiger charge is -2.67. The van der Waals surface area contributed by atoms with Crippen LogP contribution in [0.3, 0.4) is 0 Å². The highest BCUT2D eigenvalue weighted by molar-refractivity contribution is 7.99. The predicted octanol–water partition coefficient (Wildman–Crippen LogP) is 7.15. The van der Waals surface area contributed by atoms with Gasteiger partial charge in [-0.3, -0.25) is 19.2 Å². The molecule has 1 spiro atoms. The second-order valence-electron chi connectivity index (χ2n) is 17.6. The molecule has 2 heterocycles. The van der Waals surface area contributed by atoms with Gasteiger partial charge in [0, 0.05) is 48.5 Å². The maximum atomic E-state index is 16.1. The van der Waals surface area contributed by atoms with Crippen molar-refractivity contribution in [1.82, 2.24) is 0 Å². The summed E-state index contributed by atoms with van der Waals surface area (Å²) >= 11 is 1.59. The average Bonchev–Trinajstić information content (AvgIpc) is 3.61. The summed E-state index contributed by atoms with van der Waals surface area (Å²) in [6.07, 6.45) is -6.63. The van der Waals surface area contributed by atoms with Crippen LogP contribution in [0.2, 0.25) is 0 Å². The van der Waals surface area contributed by atoms with E-state index < -0.39 is 100 Å². The Balaban J connectivity index is 1.29. The minimum atomic E-state index is -2.00. The number of rotatable bonds is 11. The normalized spacial score (nSPS) is 32.3. The lowest BCUT2D eigenvalue weighted by atomic mass is 9.44. The Kier molecular flexibility index (Phi) is 11.9. The summed E-state index contributed by atoms with van der Waals surface area (Å²) in [6.45, 7) is 9.82. The number of ketones is 1. The van der Waals surface area contributed by atoms with E-state index >= 15 is 4.79 Å². The van der Waals surface area contributed by atoms with Crippen molar-refractivity contribution >= 4 is 53.7 Å². The average molecular weight is 895 g/mol. The molecule has 14 nitrogen and oxygen atoms in total. The van der Waals surface area contributed by atoms with Crippen LogP contribution in [-0.2, 0) is 68.5 Å². The zero-order chi connectivity index (χ0) is 45.8. The van der Waals surface area contributed by atoms with Crippen molar-refractivity contribution in [2.75, 3.05) is 6.61 Å². The van der Waals surface area contributed by atoms with E-state index in [2.05, 4.69) is 0 Å². The van der Waals surface area contributed by atoms with Gasteiger partial charge in [0.15, 0.2) is 35.3 Å². The summed E-state index contributed by atoms with van der Waals surface area (Å²) in [5.41, 5.74) is -5.24. The Morgan fingerprint density at radius 3 is 2.06 bits per heavy atom. The number of carbonyl (C=O) groups excluding carboxylic acids is 6. The van der Waals surface area contributed by atoms with Gasteiger partial charge in [0.05, 0.1) is 24.5 Å². The van der Waals surface area contributed by atoms with Gasteiger partial charge in [0.2, 0.25) is 0 Å². The molecule has 3 aromatic rings. The largest absolute Gasteiger partial charge is 0.509 e. The highest BCUT2D eigenvalue weighted by atomic mass is 32.2. The third-order valence-electron chi connectivity index (χ3n) is 13.5. The van der Waals surface area contributed by atoms with E-state index in [1.54, 1.807) is 45.5 Å². The second-order valence-corrected chi connectivity index (χ2v) is 18.7. The van der Waals surface area contributed by atoms with Gasteiger partial charge >= 0.3 is 30.0 Å². The van der Waals surface area contributed by atoms with Crippen LogP contribution in [-0.4, -0.2) is 90.2 Å². The molecule has 0 radical (unpaired) electrons. The van der Waals surface area contributed by atoms with Crippen molar-refractivity contribution in [3.63, 3.8) is 0 Å². The Morgan fingerprint density at radius 1 is 0.812 bits per heavy atom. The minimum absolute atomic E-state index is 0.116. The van der Waals surface area contributed by atoms with Crippen molar-refractivity contribution in [2.45, 2.75) is 119 Å². The fourth-order valence-corrected chi connectivity index (χ4v) is 11.6. The standard InChI is InChI=1S/C49H50O14S/c1-27-38-40(59-29(3)51)42(54)47(7)35(60-37(53)23-20-31-18-21-34(22-19-31)64-33-16-12-9-13-17-33)24-36-48(26-57-36,62-30(4)52)41(47)44(56-25-32-14-10-8-11-15-32)49(46(38,5)6)43(61-45(55)63-49)39(27)58-28(2)50/h8-23,35-36,39-41,43-44H,24-26H2,1-7H3/b23-20+/t35-,36+,39+,40+,41-,43-,44-,47+,48-,49+/m0/s1. The van der Waals surface area contributed by atoms with Crippen molar-refractivity contribution in [2.24, 2.45) is 16.7 Å². The molecule has 64 heavy (non-hydrogen) atoms. The smallest absolute Gasteiger partial charge is 0.458 e. The van der Waals surface area contributed by atoms with Gasteiger partial charge < -0.3 is 37.9 Å². The molecule has 336 valence electrons. The van der Waals surface area contributed by atoms with Gasteiger partial charge in [0.25, 0.3) is 0 Å². The molecule has 0 aromatic heterocycles. The number of ether oxygens (including phenoxy) is 8. The monoisotopic (exact) mass is 894 g/mol. The molecule has 2 bridgehead atoms. The number of hydrogen-bond acceptors (Lipinski definition) is 15. The highest BCUT2D eigenvalue weighted by Gasteiger charge is 2.83. The van der Waals surface area contributed by atoms with E-state index in [0.717, 1.165) is 16.7 Å². The number of Topliss-reactive ketones (excluding diaryl/α,β-unsaturated/α-hetero) is 1. The van der Waals surface area contributed by atoms with Crippen molar-refractivity contribution < 1.29 is 66.7 Å². The number of fused-ring (bicyclic) bond motifs is 4. The maximum Gasteiger partial charge on any atom is 0.509 e. The first-order chi connectivity index (χ1) is 30.4. The fraction of sp³-hybridized carbons (Fsp3) is 0.429. The van der Waals surface area contributed by atoms with Crippen molar-refractivity contribution in [3.05, 3.63) is 113 Å². The first kappa shape index (κ1) is 44.8. The molecule has 3 aliphatic carbocycles. The van der Waals surface area contributed by atoms with Gasteiger partial charge in [-0.1, -0.05) is 86.3 Å². The zero-order valence-corrected chi connectivity index (χ0v) is 37.3. The van der Waals surface area contributed by atoms with Gasteiger partial charge in [-0.2, -0.15) is 0 Å². The summed E-state index contributed by atoms with van der Waals surface area (Å²) in [5.74, 6) is -5.15. The molecule has 8 rings (SSSR count). The number of benzene rings is 3. The maximum absolute atomic E-state index is 16.1. The molecule has 2 saturated carbocycles. The first-order valence-electron chi connectivity index (χ1n) is 21.1. The van der Waals surface area contributed by atoms with Gasteiger partial charge in [-0.05, 0) is 66.5 Å². The van der Waals surface area contributed by atoms with Crippen molar-refractivity contribution in [3.8, 4) is 0 Å². The van der Waals surface area contributed by atoms with E-state index in [1.807, 2.05) is 84.9 Å². The van der Waals surface area contributed by atoms with E-state index in [4.69, 9.17) is 37.9 Å². The predicted molar refractivity (Wildman–Crippen MR) is 228 cm³/mol. The van der Waals surface area contributed by atoms with Crippen LogP contribution in [0.1, 0.15) is 66.0 Å². The summed E-state index contributed by atoms with van der Waals surface area (Å²) in [4.78, 5) is 85.4. The molecule has 5 aliphatic rings. The SMILES string of the molecule is CC(=O)O[C@H]1C(=O)[C@]2(C)[C@@H](OC(=O)/C=C/c3ccc(Sc4ccccc4)cc3)C[C@H]3OC[C@@]3(OC(C)=O)[C@H]2[C@H](OCc2ccccc2)[C@]23OC(=O)O[C@H]2[C@H](OC(C)=O)C(C)=C1C3(C)C. The van der Waals surface area contributed by atoms with Gasteiger partial charge in [-0.15, -0.1) is 0 Å². The number of esters is 4. The molecule has 15 heteroatoms. The quantitative estimate of drug-likeness (QED) is 0.0820. The zero-order valence-electron chi connectivity index (χ0n) is 36.5. The van der Waals surface area contributed by atoms with Gasteiger partial charge in [0.1, 0.15) is 18.3 Å². The van der Waals surface area contributed by atoms with E-state index in [0.29, 0.717) is 11.1 Å². The van der Waals surface area contributed by atoms with E-state index in [1.165, 1.54) is 19.9 Å². The topological polar surface area (TPSA) is 176 Å². The lowest BCUT2D eigenvalue weighted by Crippen LogP contribution is -2.83. The van der Waals surface area contributed by atoms with Crippen LogP contribution in [0.4, 0.5) is 4.79 Å². The lowest BCUT2D eigenvalue weighted by molar-refractivity contribution is -0.351. The van der Waals surface area contributed by atoms with Crippen LogP contribution in [0, 0.1) is 16.7 Å². The molecule has 3 aromatic carbocycles. The van der Waals surface area contributed by atoms with E-state index in [9.17, 15) is 24.0 Å². The number of carbonyl (C=O) groups is 6. The Bertz CT molecular complexity index is 2410. The molecule has 2 saturated heterocycles. The van der Waals surface area contributed by atoms with Crippen LogP contribution in [0.15, 0.2) is 112 Å². The summed E-state index contributed by atoms with van der Waals surface area (Å²) in [6, 6.07) is 26.6. The Morgan fingerprint density at radius 2 is 1.45 bits per heavy atom. The van der Waals surface area contributed by atoms with Crippen LogP contribution >= 0.6 is 11.8 Å². The molecular weight excluding hydrogens is 845 g/mol. The molecule has 0 unspecified atom stereocenters. The second kappa shape index (κ2) is 17.0. The van der Waals surface area contributed by atoms with E-state index in [-0.39, 0.29) is 30.8 Å². The minimum Gasteiger partial charge on any atom is -0.458 e. The molecule has 4 fully saturated rings. The molecular formula is C49H50O14S. The first-order valence-corrected chi connectivity index (χ1v) is 21.9. The molecule has 0 N–H and O–H groups in total. The molecule has 2 aliphatic heterocycles. The summed E-state index contributed by atoms with van der Waals surface area (Å²) in [7, 11) is 0. The van der Waals surface area contributed by atoms with Crippen LogP contribution < -0.4 is 0 Å². The van der Waals surface area contributed by atoms with Gasteiger partial charge in [-0.25, -0.2) is 9.59 Å². The fourth-order valence-electron chi connectivity index (χ4n) is 10.8. The third-order valence-corrected chi connectivity index (χ3v) is 14.5. The summed E-state index contributed by atoms with van der Waals surface area (Å²) in [5, 5.41) is 0. The molecule has 10 atom stereocenters. The molecule has 0 amide bonds. The van der Waals surface area contributed by atoms with Crippen LogP contribution in [0.25, 0.3) is 6.08 Å². The Hall–Kier alpha value is -5.77. The third kappa shape index (κ3) is 7.50. The highest BCUT2D eigenvalue weighted by Crippen LogP contribution is 2.67. The Labute approximate surface area is 374 Å². The van der Waals surface area contributed by atoms with Crippen LogP contribution in [0.5, 0.6) is 0 Å².